The molecule has 0 spiro atoms. The summed E-state index contributed by atoms with van der Waals surface area (Å²) < 4.78 is 5.88. The van der Waals surface area contributed by atoms with Gasteiger partial charge in [-0.3, -0.25) is 4.79 Å². The molecule has 1 aliphatic carbocycles. The number of rotatable bonds is 4. The van der Waals surface area contributed by atoms with Crippen LogP contribution in [0.3, 0.4) is 0 Å². The molecule has 1 aliphatic rings. The van der Waals surface area contributed by atoms with Crippen LogP contribution in [-0.2, 0) is 4.79 Å². The van der Waals surface area contributed by atoms with Crippen LogP contribution in [0.25, 0.3) is 0 Å². The average molecular weight is 356 g/mol. The van der Waals surface area contributed by atoms with Crippen molar-refractivity contribution >= 4 is 17.5 Å². The van der Waals surface area contributed by atoms with Gasteiger partial charge in [0.25, 0.3) is 5.91 Å². The van der Waals surface area contributed by atoms with Gasteiger partial charge in [-0.1, -0.05) is 11.6 Å². The van der Waals surface area contributed by atoms with E-state index in [-0.39, 0.29) is 5.91 Å². The van der Waals surface area contributed by atoms with Gasteiger partial charge in [0, 0.05) is 12.1 Å². The smallest absolute Gasteiger partial charge is 0.266 e. The highest BCUT2D eigenvalue weighted by atomic mass is 35.5. The molecule has 3 atom stereocenters. The van der Waals surface area contributed by atoms with Gasteiger partial charge in [-0.05, 0) is 63.8 Å². The molecule has 24 heavy (non-hydrogen) atoms. The molecular weight excluding hydrogens is 330 g/mol. The first-order valence-corrected chi connectivity index (χ1v) is 8.60. The van der Waals surface area contributed by atoms with Gasteiger partial charge in [-0.15, -0.1) is 0 Å². The summed E-state index contributed by atoms with van der Waals surface area (Å²) in [5, 5.41) is 20.7. The van der Waals surface area contributed by atoms with E-state index in [1.54, 1.807) is 39.1 Å². The maximum Gasteiger partial charge on any atom is 0.266 e. The van der Waals surface area contributed by atoms with Gasteiger partial charge in [-0.2, -0.15) is 0 Å². The molecule has 0 unspecified atom stereocenters. The second-order valence-electron chi connectivity index (χ2n) is 7.00. The molecule has 6 heteroatoms. The van der Waals surface area contributed by atoms with Gasteiger partial charge in [0.1, 0.15) is 11.9 Å². The van der Waals surface area contributed by atoms with E-state index in [9.17, 15) is 15.0 Å². The average Bonchev–Trinajstić information content (AvgIpc) is 2.52. The molecule has 0 heterocycles. The number of aliphatic hydroxyl groups excluding tert-OH is 2. The fraction of sp³-hybridized carbons (Fsp3) is 0.611. The highest BCUT2D eigenvalue weighted by Gasteiger charge is 2.40. The maximum atomic E-state index is 12.9. The summed E-state index contributed by atoms with van der Waals surface area (Å²) in [4.78, 5) is 14.4. The topological polar surface area (TPSA) is 70.0 Å². The normalized spacial score (nSPS) is 24.5. The first kappa shape index (κ1) is 19.0. The number of carbonyl (C=O) groups excluding carboxylic acids is 1. The number of benzene rings is 1. The minimum absolute atomic E-state index is 0.242. The Morgan fingerprint density at radius 1 is 1.33 bits per heavy atom. The Hall–Kier alpha value is -1.30. The largest absolute Gasteiger partial charge is 0.478 e. The van der Waals surface area contributed by atoms with Crippen molar-refractivity contribution < 1.29 is 19.7 Å². The van der Waals surface area contributed by atoms with Crippen LogP contribution in [0.5, 0.6) is 5.75 Å². The summed E-state index contributed by atoms with van der Waals surface area (Å²) in [6.45, 7) is 5.26. The van der Waals surface area contributed by atoms with E-state index in [1.165, 1.54) is 4.90 Å². The lowest BCUT2D eigenvalue weighted by Gasteiger charge is -2.40. The lowest BCUT2D eigenvalue weighted by molar-refractivity contribution is -0.152. The number of hydrogen-bond acceptors (Lipinski definition) is 4. The molecule has 0 aromatic heterocycles. The number of ether oxygens (including phenoxy) is 1. The van der Waals surface area contributed by atoms with Gasteiger partial charge in [0.2, 0.25) is 0 Å². The zero-order valence-corrected chi connectivity index (χ0v) is 15.4. The molecule has 2 N–H and O–H groups in total. The minimum Gasteiger partial charge on any atom is -0.478 e. The Balaban J connectivity index is 2.12. The highest BCUT2D eigenvalue weighted by Crippen LogP contribution is 2.28. The molecule has 1 amide bonds. The summed E-state index contributed by atoms with van der Waals surface area (Å²) in [7, 11) is 1.65. The molecule has 1 aromatic carbocycles. The molecule has 0 aliphatic heterocycles. The van der Waals surface area contributed by atoms with Crippen LogP contribution >= 0.6 is 11.6 Å². The van der Waals surface area contributed by atoms with E-state index in [1.807, 2.05) is 6.92 Å². The SMILES string of the molecule is Cc1cc(OC(C)(C)C(=O)N(C)[C@@H]2CCC[C@@H](O)[C@@H]2O)ccc1Cl. The Bertz CT molecular complexity index is 605. The van der Waals surface area contributed by atoms with Crippen molar-refractivity contribution in [2.75, 3.05) is 7.05 Å². The molecule has 5 nitrogen and oxygen atoms in total. The van der Waals surface area contributed by atoms with Crippen LogP contribution < -0.4 is 4.74 Å². The van der Waals surface area contributed by atoms with E-state index in [2.05, 4.69) is 0 Å². The van der Waals surface area contributed by atoms with E-state index < -0.39 is 23.9 Å². The predicted octanol–water partition coefficient (Wildman–Crippen LogP) is 2.54. The fourth-order valence-electron chi connectivity index (χ4n) is 3.15. The first-order chi connectivity index (χ1) is 11.1. The number of likely N-dealkylation sites (N-methyl/N-ethyl adjacent to an activating group) is 1. The maximum absolute atomic E-state index is 12.9. The molecule has 1 aromatic rings. The summed E-state index contributed by atoms with van der Waals surface area (Å²) in [5.74, 6) is 0.320. The molecular formula is C18H26ClNO4. The number of amides is 1. The third-order valence-corrected chi connectivity index (χ3v) is 5.05. The van der Waals surface area contributed by atoms with E-state index >= 15 is 0 Å². The number of halogens is 1. The fourth-order valence-corrected chi connectivity index (χ4v) is 3.27. The molecule has 0 bridgehead atoms. The van der Waals surface area contributed by atoms with E-state index in [0.717, 1.165) is 12.0 Å². The Morgan fingerprint density at radius 2 is 2.00 bits per heavy atom. The molecule has 0 radical (unpaired) electrons. The molecule has 0 saturated heterocycles. The van der Waals surface area contributed by atoms with Crippen LogP contribution in [0.2, 0.25) is 5.02 Å². The van der Waals surface area contributed by atoms with Crippen LogP contribution in [0.1, 0.15) is 38.7 Å². The minimum atomic E-state index is -1.10. The zero-order chi connectivity index (χ0) is 18.1. The lowest BCUT2D eigenvalue weighted by Crippen LogP contribution is -2.57. The van der Waals surface area contributed by atoms with Crippen LogP contribution in [-0.4, -0.2) is 51.9 Å². The predicted molar refractivity (Wildman–Crippen MR) is 93.3 cm³/mol. The quantitative estimate of drug-likeness (QED) is 0.870. The van der Waals surface area contributed by atoms with Gasteiger partial charge in [-0.25, -0.2) is 0 Å². The van der Waals surface area contributed by atoms with Crippen molar-refractivity contribution in [3.8, 4) is 5.75 Å². The second-order valence-corrected chi connectivity index (χ2v) is 7.40. The van der Waals surface area contributed by atoms with Gasteiger partial charge >= 0.3 is 0 Å². The lowest BCUT2D eigenvalue weighted by atomic mass is 9.88. The van der Waals surface area contributed by atoms with E-state index in [0.29, 0.717) is 23.6 Å². The standard InChI is InChI=1S/C18H26ClNO4/c1-11-10-12(8-9-13(11)19)24-18(2,3)17(23)20(4)14-6-5-7-15(21)16(14)22/h8-10,14-16,21-22H,5-7H2,1-4H3/t14-,15-,16-/m1/s1. The number of carbonyl (C=O) groups is 1. The second kappa shape index (κ2) is 7.30. The van der Waals surface area contributed by atoms with Gasteiger partial charge in [0.15, 0.2) is 5.60 Å². The van der Waals surface area contributed by atoms with Crippen molar-refractivity contribution in [2.24, 2.45) is 0 Å². The number of nitrogens with zero attached hydrogens (tertiary/aromatic N) is 1. The summed E-state index contributed by atoms with van der Waals surface area (Å²) in [6.07, 6.45) is 0.279. The van der Waals surface area contributed by atoms with Crippen LogP contribution in [0.15, 0.2) is 18.2 Å². The van der Waals surface area contributed by atoms with Gasteiger partial charge < -0.3 is 19.8 Å². The van der Waals surface area contributed by atoms with Gasteiger partial charge in [0.05, 0.1) is 12.1 Å². The van der Waals surface area contributed by atoms with Crippen molar-refractivity contribution in [2.45, 2.75) is 63.9 Å². The first-order valence-electron chi connectivity index (χ1n) is 8.22. The van der Waals surface area contributed by atoms with Crippen molar-refractivity contribution in [1.82, 2.24) is 4.90 Å². The van der Waals surface area contributed by atoms with Crippen LogP contribution in [0.4, 0.5) is 0 Å². The summed E-state index contributed by atoms with van der Waals surface area (Å²) in [6, 6.07) is 4.84. The Kier molecular flexibility index (Phi) is 5.78. The Labute approximate surface area is 148 Å². The van der Waals surface area contributed by atoms with Crippen molar-refractivity contribution in [1.29, 1.82) is 0 Å². The molecule has 1 fully saturated rings. The van der Waals surface area contributed by atoms with Crippen molar-refractivity contribution in [3.05, 3.63) is 28.8 Å². The van der Waals surface area contributed by atoms with E-state index in [4.69, 9.17) is 16.3 Å². The molecule has 1 saturated carbocycles. The number of aliphatic hydroxyl groups is 2. The number of aryl methyl sites for hydroxylation is 1. The highest BCUT2D eigenvalue weighted by molar-refractivity contribution is 6.31. The third kappa shape index (κ3) is 4.02. The zero-order valence-electron chi connectivity index (χ0n) is 14.6. The Morgan fingerprint density at radius 3 is 2.62 bits per heavy atom. The molecule has 134 valence electrons. The third-order valence-electron chi connectivity index (χ3n) is 4.62. The number of hydrogen-bond donors (Lipinski definition) is 2. The van der Waals surface area contributed by atoms with Crippen molar-refractivity contribution in [3.63, 3.8) is 0 Å². The molecule has 2 rings (SSSR count). The summed E-state index contributed by atoms with van der Waals surface area (Å²) in [5.41, 5.74) is -0.228. The van der Waals surface area contributed by atoms with Crippen LogP contribution in [0, 0.1) is 6.92 Å². The monoisotopic (exact) mass is 355 g/mol. The summed E-state index contributed by atoms with van der Waals surface area (Å²) >= 11 is 6.01.